The fourth-order valence-corrected chi connectivity index (χ4v) is 1.69. The summed E-state index contributed by atoms with van der Waals surface area (Å²) in [5, 5.41) is 6.04. The van der Waals surface area contributed by atoms with Gasteiger partial charge in [-0.3, -0.25) is 4.79 Å². The molecule has 18 heavy (non-hydrogen) atoms. The molecule has 1 rings (SSSR count). The van der Waals surface area contributed by atoms with Gasteiger partial charge in [0.05, 0.1) is 10.7 Å². The van der Waals surface area contributed by atoms with Gasteiger partial charge in [-0.2, -0.15) is 0 Å². The Bertz CT molecular complexity index is 414. The minimum Gasteiger partial charge on any atom is -0.379 e. The highest BCUT2D eigenvalue weighted by atomic mass is 35.5. The van der Waals surface area contributed by atoms with Crippen LogP contribution in [0.4, 0.5) is 10.1 Å². The molecule has 0 heterocycles. The van der Waals surface area contributed by atoms with Crippen LogP contribution < -0.4 is 16.4 Å². The van der Waals surface area contributed by atoms with E-state index >= 15 is 0 Å². The van der Waals surface area contributed by atoms with Crippen molar-refractivity contribution in [3.05, 3.63) is 29.0 Å². The summed E-state index contributed by atoms with van der Waals surface area (Å²) >= 11 is 5.92. The summed E-state index contributed by atoms with van der Waals surface area (Å²) in [5.41, 5.74) is 6.01. The van der Waals surface area contributed by atoms with E-state index in [2.05, 4.69) is 10.6 Å². The number of rotatable bonds is 6. The zero-order valence-electron chi connectivity index (χ0n) is 10.2. The normalized spacial score (nSPS) is 12.0. The maximum absolute atomic E-state index is 13.1. The standard InChI is InChI=1S/C12H17ClFN3O/c1-2-16-12(18)6-9(7-15)17-11-5-8(14)3-4-10(11)13/h3-5,9,17H,2,6-7,15H2,1H3,(H,16,18). The van der Waals surface area contributed by atoms with Crippen LogP contribution in [0.15, 0.2) is 18.2 Å². The van der Waals surface area contributed by atoms with Gasteiger partial charge in [0.2, 0.25) is 5.91 Å². The molecular weight excluding hydrogens is 257 g/mol. The van der Waals surface area contributed by atoms with Crippen LogP contribution in [0.3, 0.4) is 0 Å². The number of hydrogen-bond donors (Lipinski definition) is 3. The topological polar surface area (TPSA) is 67.2 Å². The van der Waals surface area contributed by atoms with Crippen molar-refractivity contribution < 1.29 is 9.18 Å². The van der Waals surface area contributed by atoms with Gasteiger partial charge in [-0.1, -0.05) is 11.6 Å². The number of carbonyl (C=O) groups excluding carboxylic acids is 1. The van der Waals surface area contributed by atoms with Crippen molar-refractivity contribution in [3.63, 3.8) is 0 Å². The van der Waals surface area contributed by atoms with E-state index in [0.717, 1.165) is 0 Å². The first-order chi connectivity index (χ1) is 8.56. The third-order valence-corrected chi connectivity index (χ3v) is 2.71. The average Bonchev–Trinajstić information content (AvgIpc) is 2.33. The van der Waals surface area contributed by atoms with E-state index in [1.807, 2.05) is 6.92 Å². The lowest BCUT2D eigenvalue weighted by molar-refractivity contribution is -0.121. The lowest BCUT2D eigenvalue weighted by Gasteiger charge is -2.18. The molecule has 1 atom stereocenters. The molecule has 0 saturated carbocycles. The number of anilines is 1. The SMILES string of the molecule is CCNC(=O)CC(CN)Nc1cc(F)ccc1Cl. The fourth-order valence-electron chi connectivity index (χ4n) is 1.51. The van der Waals surface area contributed by atoms with Gasteiger partial charge in [0.25, 0.3) is 0 Å². The van der Waals surface area contributed by atoms with Crippen molar-refractivity contribution in [1.82, 2.24) is 5.32 Å². The lowest BCUT2D eigenvalue weighted by atomic mass is 10.1. The minimum atomic E-state index is -0.393. The molecule has 6 heteroatoms. The molecule has 0 spiro atoms. The Kier molecular flexibility index (Phi) is 5.88. The van der Waals surface area contributed by atoms with Crippen LogP contribution in [0.2, 0.25) is 5.02 Å². The number of amides is 1. The first-order valence-electron chi connectivity index (χ1n) is 5.75. The summed E-state index contributed by atoms with van der Waals surface area (Å²) in [5.74, 6) is -0.497. The highest BCUT2D eigenvalue weighted by molar-refractivity contribution is 6.33. The van der Waals surface area contributed by atoms with Crippen LogP contribution in [0, 0.1) is 5.82 Å². The molecule has 1 unspecified atom stereocenters. The monoisotopic (exact) mass is 273 g/mol. The largest absolute Gasteiger partial charge is 0.379 e. The molecule has 0 radical (unpaired) electrons. The molecule has 0 saturated heterocycles. The molecule has 0 aromatic heterocycles. The number of halogens is 2. The summed E-state index contributed by atoms with van der Waals surface area (Å²) in [4.78, 5) is 11.4. The predicted octanol–water partition coefficient (Wildman–Crippen LogP) is 1.74. The summed E-state index contributed by atoms with van der Waals surface area (Å²) in [6.45, 7) is 2.66. The summed E-state index contributed by atoms with van der Waals surface area (Å²) in [6, 6.07) is 3.73. The Hall–Kier alpha value is -1.33. The zero-order valence-corrected chi connectivity index (χ0v) is 10.9. The molecule has 0 fully saturated rings. The van der Waals surface area contributed by atoms with Crippen molar-refractivity contribution >= 4 is 23.2 Å². The molecule has 4 N–H and O–H groups in total. The summed E-state index contributed by atoms with van der Waals surface area (Å²) in [7, 11) is 0. The molecule has 1 aromatic carbocycles. The van der Waals surface area contributed by atoms with E-state index in [9.17, 15) is 9.18 Å². The van der Waals surface area contributed by atoms with Crippen molar-refractivity contribution in [3.8, 4) is 0 Å². The molecule has 1 aromatic rings. The van der Waals surface area contributed by atoms with E-state index in [4.69, 9.17) is 17.3 Å². The second-order valence-electron chi connectivity index (χ2n) is 3.86. The van der Waals surface area contributed by atoms with Crippen LogP contribution >= 0.6 is 11.6 Å². The Labute approximate surface area is 111 Å². The van der Waals surface area contributed by atoms with Crippen LogP contribution in [0.25, 0.3) is 0 Å². The number of benzene rings is 1. The van der Waals surface area contributed by atoms with Gasteiger partial charge in [-0.05, 0) is 25.1 Å². The first kappa shape index (κ1) is 14.7. The van der Waals surface area contributed by atoms with Crippen LogP contribution in [-0.2, 0) is 4.79 Å². The van der Waals surface area contributed by atoms with Gasteiger partial charge in [-0.15, -0.1) is 0 Å². The Morgan fingerprint density at radius 3 is 2.89 bits per heavy atom. The number of nitrogens with two attached hydrogens (primary N) is 1. The number of nitrogens with one attached hydrogen (secondary N) is 2. The molecule has 0 bridgehead atoms. The smallest absolute Gasteiger partial charge is 0.222 e. The van der Waals surface area contributed by atoms with Gasteiger partial charge >= 0.3 is 0 Å². The Balaban J connectivity index is 2.67. The molecular formula is C12H17ClFN3O. The van der Waals surface area contributed by atoms with Gasteiger partial charge in [0.15, 0.2) is 0 Å². The second kappa shape index (κ2) is 7.18. The predicted molar refractivity (Wildman–Crippen MR) is 71.2 cm³/mol. The van der Waals surface area contributed by atoms with Crippen LogP contribution in [0.1, 0.15) is 13.3 Å². The highest BCUT2D eigenvalue weighted by Crippen LogP contribution is 2.23. The first-order valence-corrected chi connectivity index (χ1v) is 6.13. The van der Waals surface area contributed by atoms with Gasteiger partial charge < -0.3 is 16.4 Å². The average molecular weight is 274 g/mol. The van der Waals surface area contributed by atoms with Crippen LogP contribution in [-0.4, -0.2) is 25.0 Å². The van der Waals surface area contributed by atoms with E-state index in [1.165, 1.54) is 18.2 Å². The van der Waals surface area contributed by atoms with Gasteiger partial charge in [0.1, 0.15) is 5.82 Å². The summed E-state index contributed by atoms with van der Waals surface area (Å²) < 4.78 is 13.1. The van der Waals surface area contributed by atoms with Crippen LogP contribution in [0.5, 0.6) is 0 Å². The lowest BCUT2D eigenvalue weighted by Crippen LogP contribution is -2.35. The van der Waals surface area contributed by atoms with Gasteiger partial charge in [0, 0.05) is 25.6 Å². The second-order valence-corrected chi connectivity index (χ2v) is 4.27. The van der Waals surface area contributed by atoms with Crippen molar-refractivity contribution in [2.45, 2.75) is 19.4 Å². The number of carbonyl (C=O) groups is 1. The van der Waals surface area contributed by atoms with E-state index in [1.54, 1.807) is 0 Å². The van der Waals surface area contributed by atoms with E-state index in [-0.39, 0.29) is 24.9 Å². The zero-order chi connectivity index (χ0) is 13.5. The molecule has 0 aliphatic rings. The Morgan fingerprint density at radius 2 is 2.28 bits per heavy atom. The Morgan fingerprint density at radius 1 is 1.56 bits per heavy atom. The molecule has 0 aliphatic carbocycles. The molecule has 0 aliphatic heterocycles. The van der Waals surface area contributed by atoms with E-state index < -0.39 is 5.82 Å². The fraction of sp³-hybridized carbons (Fsp3) is 0.417. The molecule has 100 valence electrons. The van der Waals surface area contributed by atoms with Crippen molar-refractivity contribution in [2.75, 3.05) is 18.4 Å². The molecule has 4 nitrogen and oxygen atoms in total. The molecule has 1 amide bonds. The van der Waals surface area contributed by atoms with E-state index in [0.29, 0.717) is 17.3 Å². The van der Waals surface area contributed by atoms with Gasteiger partial charge in [-0.25, -0.2) is 4.39 Å². The highest BCUT2D eigenvalue weighted by Gasteiger charge is 2.13. The van der Waals surface area contributed by atoms with Crippen molar-refractivity contribution in [2.24, 2.45) is 5.73 Å². The third-order valence-electron chi connectivity index (χ3n) is 2.38. The third kappa shape index (κ3) is 4.50. The quantitative estimate of drug-likeness (QED) is 0.740. The summed E-state index contributed by atoms with van der Waals surface area (Å²) in [6.07, 6.45) is 0.219. The number of hydrogen-bond acceptors (Lipinski definition) is 3. The maximum Gasteiger partial charge on any atom is 0.222 e. The minimum absolute atomic E-state index is 0.104. The maximum atomic E-state index is 13.1. The van der Waals surface area contributed by atoms with Crippen molar-refractivity contribution in [1.29, 1.82) is 0 Å².